The zero-order chi connectivity index (χ0) is 16.4. The second-order valence-electron chi connectivity index (χ2n) is 5.43. The summed E-state index contributed by atoms with van der Waals surface area (Å²) in [5, 5.41) is 0. The average Bonchev–Trinajstić information content (AvgIpc) is 2.88. The fourth-order valence-corrected chi connectivity index (χ4v) is 3.15. The number of fused-ring (bicyclic) bond motifs is 1. The number of methoxy groups -OCH3 is 1. The van der Waals surface area contributed by atoms with Gasteiger partial charge in [-0.1, -0.05) is 36.4 Å². The Hall–Kier alpha value is -2.62. The molecule has 0 unspecified atom stereocenters. The summed E-state index contributed by atoms with van der Waals surface area (Å²) in [6.45, 7) is 2.00. The molecule has 2 atom stereocenters. The second kappa shape index (κ2) is 6.24. The lowest BCUT2D eigenvalue weighted by Crippen LogP contribution is -2.27. The number of ether oxygens (including phenoxy) is 2. The molecule has 23 heavy (non-hydrogen) atoms. The van der Waals surface area contributed by atoms with Gasteiger partial charge in [-0.05, 0) is 30.2 Å². The van der Waals surface area contributed by atoms with E-state index in [2.05, 4.69) is 0 Å². The van der Waals surface area contributed by atoms with E-state index in [9.17, 15) is 9.59 Å². The van der Waals surface area contributed by atoms with Crippen LogP contribution < -0.4 is 4.74 Å². The van der Waals surface area contributed by atoms with Crippen molar-refractivity contribution >= 4 is 11.8 Å². The van der Waals surface area contributed by atoms with Gasteiger partial charge in [0.15, 0.2) is 5.78 Å². The monoisotopic (exact) mass is 310 g/mol. The average molecular weight is 310 g/mol. The Bertz CT molecular complexity index is 733. The maximum absolute atomic E-state index is 12.7. The third kappa shape index (κ3) is 2.61. The van der Waals surface area contributed by atoms with E-state index in [-0.39, 0.29) is 18.3 Å². The maximum Gasteiger partial charge on any atom is 0.317 e. The van der Waals surface area contributed by atoms with Crippen molar-refractivity contribution < 1.29 is 19.1 Å². The molecule has 0 aliphatic heterocycles. The quantitative estimate of drug-likeness (QED) is 0.643. The minimum absolute atomic E-state index is 0.167. The van der Waals surface area contributed by atoms with Crippen LogP contribution >= 0.6 is 0 Å². The zero-order valence-corrected chi connectivity index (χ0v) is 13.1. The smallest absolute Gasteiger partial charge is 0.317 e. The summed E-state index contributed by atoms with van der Waals surface area (Å²) in [5.74, 6) is -1.03. The van der Waals surface area contributed by atoms with Gasteiger partial charge in [-0.25, -0.2) is 0 Å². The number of rotatable bonds is 4. The number of Topliss-reactive ketones (excluding diaryl/α,β-unsaturated/α-hetero) is 1. The summed E-state index contributed by atoms with van der Waals surface area (Å²) in [6, 6.07) is 14.8. The van der Waals surface area contributed by atoms with Crippen LogP contribution in [0, 0.1) is 5.92 Å². The lowest BCUT2D eigenvalue weighted by molar-refractivity contribution is -0.146. The molecule has 0 N–H and O–H groups in total. The summed E-state index contributed by atoms with van der Waals surface area (Å²) in [7, 11) is 1.60. The predicted octanol–water partition coefficient (Wildman–Crippen LogP) is 3.20. The van der Waals surface area contributed by atoms with Gasteiger partial charge < -0.3 is 9.47 Å². The van der Waals surface area contributed by atoms with E-state index in [0.717, 1.165) is 16.9 Å². The molecule has 0 heterocycles. The molecule has 2 aromatic carbocycles. The minimum atomic E-state index is -0.819. The molecule has 0 spiro atoms. The summed E-state index contributed by atoms with van der Waals surface area (Å²) < 4.78 is 10.3. The molecular weight excluding hydrogens is 292 g/mol. The van der Waals surface area contributed by atoms with Crippen molar-refractivity contribution in [3.05, 3.63) is 65.2 Å². The van der Waals surface area contributed by atoms with Crippen molar-refractivity contribution in [2.75, 3.05) is 13.7 Å². The number of carbonyl (C=O) groups is 2. The summed E-state index contributed by atoms with van der Waals surface area (Å²) >= 11 is 0. The van der Waals surface area contributed by atoms with Gasteiger partial charge in [0.2, 0.25) is 0 Å². The summed E-state index contributed by atoms with van der Waals surface area (Å²) in [6.07, 6.45) is 0. The number of carbonyl (C=O) groups excluding carboxylic acids is 2. The van der Waals surface area contributed by atoms with E-state index in [0.29, 0.717) is 5.56 Å². The van der Waals surface area contributed by atoms with E-state index in [1.165, 1.54) is 0 Å². The highest BCUT2D eigenvalue weighted by Gasteiger charge is 2.45. The molecule has 4 nitrogen and oxygen atoms in total. The first kappa shape index (κ1) is 15.3. The second-order valence-corrected chi connectivity index (χ2v) is 5.43. The van der Waals surface area contributed by atoms with E-state index >= 15 is 0 Å². The van der Waals surface area contributed by atoms with Crippen LogP contribution in [0.3, 0.4) is 0 Å². The first-order valence-electron chi connectivity index (χ1n) is 7.61. The van der Waals surface area contributed by atoms with Gasteiger partial charge in [0, 0.05) is 11.5 Å². The van der Waals surface area contributed by atoms with Crippen molar-refractivity contribution in [2.45, 2.75) is 12.8 Å². The van der Waals surface area contributed by atoms with Crippen molar-refractivity contribution in [1.29, 1.82) is 0 Å². The van der Waals surface area contributed by atoms with Gasteiger partial charge >= 0.3 is 5.97 Å². The van der Waals surface area contributed by atoms with Gasteiger partial charge in [0.05, 0.1) is 13.7 Å². The lowest BCUT2D eigenvalue weighted by Gasteiger charge is -2.18. The molecule has 2 aromatic rings. The molecule has 3 rings (SSSR count). The first-order valence-corrected chi connectivity index (χ1v) is 7.61. The Morgan fingerprint density at radius 1 is 1.09 bits per heavy atom. The van der Waals surface area contributed by atoms with Crippen LogP contribution in [0.25, 0.3) is 0 Å². The number of benzene rings is 2. The molecular formula is C19H18O4. The molecule has 0 saturated carbocycles. The van der Waals surface area contributed by atoms with Crippen molar-refractivity contribution in [2.24, 2.45) is 5.92 Å². The molecule has 1 aliphatic rings. The van der Waals surface area contributed by atoms with Gasteiger partial charge in [-0.15, -0.1) is 0 Å². The van der Waals surface area contributed by atoms with Crippen LogP contribution in [0.4, 0.5) is 0 Å². The Balaban J connectivity index is 2.08. The highest BCUT2D eigenvalue weighted by atomic mass is 16.5. The Kier molecular flexibility index (Phi) is 4.15. The third-order valence-electron chi connectivity index (χ3n) is 4.19. The van der Waals surface area contributed by atoms with E-state index in [1.54, 1.807) is 20.1 Å². The fraction of sp³-hybridized carbons (Fsp3) is 0.263. The standard InChI is InChI=1S/C19H18O4/c1-3-23-19(21)17-16(12-8-10-13(22-2)11-9-12)14-6-4-5-7-15(14)18(17)20/h4-11,16-17H,3H2,1-2H3/t16-,17+/m1/s1. The fourth-order valence-electron chi connectivity index (χ4n) is 3.15. The highest BCUT2D eigenvalue weighted by molar-refractivity contribution is 6.13. The topological polar surface area (TPSA) is 52.6 Å². The molecule has 0 fully saturated rings. The third-order valence-corrected chi connectivity index (χ3v) is 4.19. The maximum atomic E-state index is 12.7. The molecule has 4 heteroatoms. The van der Waals surface area contributed by atoms with Gasteiger partial charge in [-0.2, -0.15) is 0 Å². The molecule has 118 valence electrons. The van der Waals surface area contributed by atoms with Gasteiger partial charge in [0.1, 0.15) is 11.7 Å². The lowest BCUT2D eigenvalue weighted by atomic mass is 9.85. The van der Waals surface area contributed by atoms with Crippen molar-refractivity contribution in [3.63, 3.8) is 0 Å². The Morgan fingerprint density at radius 2 is 1.78 bits per heavy atom. The largest absolute Gasteiger partial charge is 0.497 e. The minimum Gasteiger partial charge on any atom is -0.497 e. The van der Waals surface area contributed by atoms with E-state index in [4.69, 9.17) is 9.47 Å². The van der Waals surface area contributed by atoms with Gasteiger partial charge in [0.25, 0.3) is 0 Å². The van der Waals surface area contributed by atoms with Gasteiger partial charge in [-0.3, -0.25) is 9.59 Å². The van der Waals surface area contributed by atoms with Crippen LogP contribution in [-0.2, 0) is 9.53 Å². The van der Waals surface area contributed by atoms with Crippen LogP contribution in [0.15, 0.2) is 48.5 Å². The molecule has 0 aromatic heterocycles. The Morgan fingerprint density at radius 3 is 2.43 bits per heavy atom. The number of esters is 1. The van der Waals surface area contributed by atoms with E-state index < -0.39 is 11.9 Å². The van der Waals surface area contributed by atoms with Crippen LogP contribution in [0.2, 0.25) is 0 Å². The summed E-state index contributed by atoms with van der Waals surface area (Å²) in [4.78, 5) is 25.1. The highest BCUT2D eigenvalue weighted by Crippen LogP contribution is 2.43. The van der Waals surface area contributed by atoms with E-state index in [1.807, 2.05) is 42.5 Å². The van der Waals surface area contributed by atoms with Crippen LogP contribution in [-0.4, -0.2) is 25.5 Å². The van der Waals surface area contributed by atoms with Crippen molar-refractivity contribution in [3.8, 4) is 5.75 Å². The number of ketones is 1. The first-order chi connectivity index (χ1) is 11.2. The molecule has 0 amide bonds. The SMILES string of the molecule is CCOC(=O)[C@@H]1C(=O)c2ccccc2[C@H]1c1ccc(OC)cc1. The number of hydrogen-bond acceptors (Lipinski definition) is 4. The molecule has 0 saturated heterocycles. The number of hydrogen-bond donors (Lipinski definition) is 0. The Labute approximate surface area is 135 Å². The van der Waals surface area contributed by atoms with Crippen LogP contribution in [0.1, 0.15) is 34.3 Å². The predicted molar refractivity (Wildman–Crippen MR) is 85.7 cm³/mol. The van der Waals surface area contributed by atoms with Crippen molar-refractivity contribution in [1.82, 2.24) is 0 Å². The zero-order valence-electron chi connectivity index (χ0n) is 13.1. The molecule has 0 radical (unpaired) electrons. The normalized spacial score (nSPS) is 19.3. The van der Waals surface area contributed by atoms with Crippen LogP contribution in [0.5, 0.6) is 5.75 Å². The molecule has 1 aliphatic carbocycles. The molecule has 0 bridgehead atoms. The summed E-state index contributed by atoms with van der Waals surface area (Å²) in [5.41, 5.74) is 2.38.